The first-order valence-electron chi connectivity index (χ1n) is 10.2. The molecule has 1 aliphatic carbocycles. The summed E-state index contributed by atoms with van der Waals surface area (Å²) >= 11 is 0. The van der Waals surface area contributed by atoms with Gasteiger partial charge in [0.05, 0.1) is 25.0 Å². The van der Waals surface area contributed by atoms with Crippen LogP contribution in [0.5, 0.6) is 5.75 Å². The summed E-state index contributed by atoms with van der Waals surface area (Å²) in [5, 5.41) is 3.06. The molecule has 2 aliphatic rings. The number of fused-ring (bicyclic) bond motifs is 1. The molecular weight excluding hydrogens is 356 g/mol. The van der Waals surface area contributed by atoms with Crippen LogP contribution in [-0.4, -0.2) is 36.3 Å². The first-order valence-corrected chi connectivity index (χ1v) is 10.2. The van der Waals surface area contributed by atoms with Gasteiger partial charge in [-0.25, -0.2) is 0 Å². The first kappa shape index (κ1) is 20.4. The van der Waals surface area contributed by atoms with E-state index >= 15 is 0 Å². The molecule has 0 bridgehead atoms. The van der Waals surface area contributed by atoms with Gasteiger partial charge in [-0.05, 0) is 36.5 Å². The molecule has 6 heteroatoms. The molecule has 1 aromatic carbocycles. The van der Waals surface area contributed by atoms with Crippen molar-refractivity contribution in [3.63, 3.8) is 0 Å². The molecule has 1 saturated carbocycles. The van der Waals surface area contributed by atoms with Gasteiger partial charge in [-0.1, -0.05) is 38.8 Å². The van der Waals surface area contributed by atoms with Crippen LogP contribution >= 0.6 is 0 Å². The number of amides is 3. The highest BCUT2D eigenvalue weighted by atomic mass is 16.5. The van der Waals surface area contributed by atoms with Crippen LogP contribution in [0.3, 0.4) is 0 Å². The molecule has 1 N–H and O–H groups in total. The topological polar surface area (TPSA) is 75.7 Å². The Labute approximate surface area is 166 Å². The summed E-state index contributed by atoms with van der Waals surface area (Å²) in [5.74, 6) is 0.334. The smallest absolute Gasteiger partial charge is 0.233 e. The highest BCUT2D eigenvalue weighted by molar-refractivity contribution is 6.05. The molecule has 0 radical (unpaired) electrons. The van der Waals surface area contributed by atoms with E-state index < -0.39 is 0 Å². The predicted molar refractivity (Wildman–Crippen MR) is 106 cm³/mol. The van der Waals surface area contributed by atoms with E-state index in [1.807, 2.05) is 38.1 Å². The van der Waals surface area contributed by atoms with E-state index in [2.05, 4.69) is 5.32 Å². The van der Waals surface area contributed by atoms with Crippen molar-refractivity contribution in [2.75, 3.05) is 13.7 Å². The normalized spacial score (nSPS) is 22.9. The van der Waals surface area contributed by atoms with E-state index in [4.69, 9.17) is 4.74 Å². The molecule has 3 amide bonds. The second-order valence-corrected chi connectivity index (χ2v) is 8.14. The zero-order chi connectivity index (χ0) is 20.3. The van der Waals surface area contributed by atoms with Crippen molar-refractivity contribution >= 4 is 17.7 Å². The third-order valence-electron chi connectivity index (χ3n) is 5.95. The molecule has 1 heterocycles. The van der Waals surface area contributed by atoms with Crippen LogP contribution in [0.4, 0.5) is 0 Å². The predicted octanol–water partition coefficient (Wildman–Crippen LogP) is 3.07. The number of nitrogens with one attached hydrogen (secondary N) is 1. The number of imide groups is 1. The minimum absolute atomic E-state index is 0.0851. The Morgan fingerprint density at radius 1 is 1.11 bits per heavy atom. The lowest BCUT2D eigenvalue weighted by molar-refractivity contribution is -0.140. The van der Waals surface area contributed by atoms with Gasteiger partial charge in [-0.15, -0.1) is 0 Å². The third kappa shape index (κ3) is 4.21. The maximum Gasteiger partial charge on any atom is 0.233 e. The number of ether oxygens (including phenoxy) is 1. The highest BCUT2D eigenvalue weighted by Crippen LogP contribution is 2.38. The molecule has 0 unspecified atom stereocenters. The Bertz CT molecular complexity index is 705. The molecule has 1 aliphatic heterocycles. The SMILES string of the molecule is COc1ccc([C@@H](NC(=O)CCN2C(=O)[C@H]3CCCC[C@H]3C2=O)C(C)C)cc1. The number of hydrogen-bond donors (Lipinski definition) is 1. The average molecular weight is 386 g/mol. The summed E-state index contributed by atoms with van der Waals surface area (Å²) in [7, 11) is 1.62. The van der Waals surface area contributed by atoms with Gasteiger partial charge in [0.25, 0.3) is 0 Å². The van der Waals surface area contributed by atoms with Gasteiger partial charge < -0.3 is 10.1 Å². The van der Waals surface area contributed by atoms with E-state index in [1.54, 1.807) is 7.11 Å². The maximum atomic E-state index is 12.6. The van der Waals surface area contributed by atoms with Crippen molar-refractivity contribution in [1.82, 2.24) is 10.2 Å². The van der Waals surface area contributed by atoms with Crippen molar-refractivity contribution in [3.8, 4) is 5.75 Å². The summed E-state index contributed by atoms with van der Waals surface area (Å²) in [4.78, 5) is 38.9. The standard InChI is InChI=1S/C22H30N2O4/c1-14(2)20(15-8-10-16(28-3)11-9-15)23-19(25)12-13-24-21(26)17-6-4-5-7-18(17)22(24)27/h8-11,14,17-18,20H,4-7,12-13H2,1-3H3,(H,23,25)/t17-,18+,20-/m0/s1. The second kappa shape index (κ2) is 8.76. The lowest BCUT2D eigenvalue weighted by Crippen LogP contribution is -2.37. The molecule has 3 atom stereocenters. The number of hydrogen-bond acceptors (Lipinski definition) is 4. The largest absolute Gasteiger partial charge is 0.497 e. The van der Waals surface area contributed by atoms with E-state index in [0.29, 0.717) is 0 Å². The molecule has 0 spiro atoms. The Morgan fingerprint density at radius 3 is 2.18 bits per heavy atom. The zero-order valence-corrected chi connectivity index (χ0v) is 16.9. The Kier molecular flexibility index (Phi) is 6.37. The second-order valence-electron chi connectivity index (χ2n) is 8.14. The van der Waals surface area contributed by atoms with Gasteiger partial charge >= 0.3 is 0 Å². The van der Waals surface area contributed by atoms with Crippen molar-refractivity contribution < 1.29 is 19.1 Å². The Hall–Kier alpha value is -2.37. The fourth-order valence-electron chi connectivity index (χ4n) is 4.36. The fourth-order valence-corrected chi connectivity index (χ4v) is 4.36. The monoisotopic (exact) mass is 386 g/mol. The van der Waals surface area contributed by atoms with Crippen LogP contribution < -0.4 is 10.1 Å². The van der Waals surface area contributed by atoms with Crippen molar-refractivity contribution in [3.05, 3.63) is 29.8 Å². The minimum Gasteiger partial charge on any atom is -0.497 e. The van der Waals surface area contributed by atoms with Gasteiger partial charge in [-0.3, -0.25) is 19.3 Å². The number of carbonyl (C=O) groups is 3. The quantitative estimate of drug-likeness (QED) is 0.731. The van der Waals surface area contributed by atoms with E-state index in [-0.39, 0.29) is 54.5 Å². The summed E-state index contributed by atoms with van der Waals surface area (Å²) in [5.41, 5.74) is 1.00. The van der Waals surface area contributed by atoms with Crippen LogP contribution in [0.15, 0.2) is 24.3 Å². The van der Waals surface area contributed by atoms with Gasteiger partial charge in [0, 0.05) is 13.0 Å². The Balaban J connectivity index is 1.59. The van der Waals surface area contributed by atoms with E-state index in [9.17, 15) is 14.4 Å². The molecule has 1 saturated heterocycles. The summed E-state index contributed by atoms with van der Waals surface area (Å²) in [6.07, 6.45) is 3.74. The van der Waals surface area contributed by atoms with Gasteiger partial charge in [0.2, 0.25) is 17.7 Å². The summed E-state index contributed by atoms with van der Waals surface area (Å²) in [6, 6.07) is 7.51. The number of benzene rings is 1. The molecule has 3 rings (SSSR count). The molecule has 2 fully saturated rings. The van der Waals surface area contributed by atoms with Gasteiger partial charge in [0.1, 0.15) is 5.75 Å². The lowest BCUT2D eigenvalue weighted by atomic mass is 9.81. The molecule has 6 nitrogen and oxygen atoms in total. The molecule has 152 valence electrons. The number of likely N-dealkylation sites (tertiary alicyclic amines) is 1. The van der Waals surface area contributed by atoms with Gasteiger partial charge in [-0.2, -0.15) is 0 Å². The van der Waals surface area contributed by atoms with Gasteiger partial charge in [0.15, 0.2) is 0 Å². The van der Waals surface area contributed by atoms with Crippen molar-refractivity contribution in [1.29, 1.82) is 0 Å². The molecular formula is C22H30N2O4. The number of carbonyl (C=O) groups excluding carboxylic acids is 3. The van der Waals surface area contributed by atoms with Crippen LogP contribution in [0.2, 0.25) is 0 Å². The van der Waals surface area contributed by atoms with Crippen LogP contribution in [0, 0.1) is 17.8 Å². The van der Waals surface area contributed by atoms with Crippen molar-refractivity contribution in [2.45, 2.75) is 52.0 Å². The highest BCUT2D eigenvalue weighted by Gasteiger charge is 2.47. The van der Waals surface area contributed by atoms with Crippen LogP contribution in [-0.2, 0) is 14.4 Å². The third-order valence-corrected chi connectivity index (χ3v) is 5.95. The van der Waals surface area contributed by atoms with E-state index in [1.165, 1.54) is 4.90 Å². The van der Waals surface area contributed by atoms with E-state index in [0.717, 1.165) is 37.0 Å². The Morgan fingerprint density at radius 2 is 1.68 bits per heavy atom. The summed E-state index contributed by atoms with van der Waals surface area (Å²) in [6.45, 7) is 4.27. The average Bonchev–Trinajstić information content (AvgIpc) is 2.95. The number of rotatable bonds is 7. The van der Waals surface area contributed by atoms with Crippen LogP contribution in [0.25, 0.3) is 0 Å². The first-order chi connectivity index (χ1) is 13.4. The molecule has 28 heavy (non-hydrogen) atoms. The maximum absolute atomic E-state index is 12.6. The minimum atomic E-state index is -0.160. The van der Waals surface area contributed by atoms with Crippen LogP contribution in [0.1, 0.15) is 57.6 Å². The zero-order valence-electron chi connectivity index (χ0n) is 16.9. The molecule has 1 aromatic rings. The fraction of sp³-hybridized carbons (Fsp3) is 0.591. The van der Waals surface area contributed by atoms with Crippen molar-refractivity contribution in [2.24, 2.45) is 17.8 Å². The summed E-state index contributed by atoms with van der Waals surface area (Å²) < 4.78 is 5.19. The number of methoxy groups -OCH3 is 1. The number of nitrogens with zero attached hydrogens (tertiary/aromatic N) is 1. The molecule has 0 aromatic heterocycles. The lowest BCUT2D eigenvalue weighted by Gasteiger charge is -2.24.